The topological polar surface area (TPSA) is 43.1 Å². The number of hydrogen-bond acceptors (Lipinski definition) is 1. The maximum atomic E-state index is 13.2. The first-order valence-corrected chi connectivity index (χ1v) is 4.47. The van der Waals surface area contributed by atoms with Gasteiger partial charge in [0.25, 0.3) is 5.91 Å². The largest absolute Gasteiger partial charge is 0.366 e. The van der Waals surface area contributed by atoms with Crippen molar-refractivity contribution in [1.82, 2.24) is 0 Å². The minimum absolute atomic E-state index is 0.106. The summed E-state index contributed by atoms with van der Waals surface area (Å²) in [5.74, 6) is -2.34. The summed E-state index contributed by atoms with van der Waals surface area (Å²) < 4.78 is 26.4. The van der Waals surface area contributed by atoms with Gasteiger partial charge in [0.2, 0.25) is 0 Å². The van der Waals surface area contributed by atoms with Crippen molar-refractivity contribution in [3.05, 3.63) is 32.4 Å². The van der Waals surface area contributed by atoms with Gasteiger partial charge in [-0.15, -0.1) is 0 Å². The molecule has 5 heteroatoms. The van der Waals surface area contributed by atoms with Crippen molar-refractivity contribution in [3.8, 4) is 0 Å². The normalized spacial score (nSPS) is 10.2. The molecule has 0 atom stereocenters. The second-order valence-electron chi connectivity index (χ2n) is 2.52. The van der Waals surface area contributed by atoms with E-state index in [9.17, 15) is 13.6 Å². The van der Waals surface area contributed by atoms with Gasteiger partial charge in [0.05, 0.1) is 9.13 Å². The molecule has 0 radical (unpaired) electrons. The molecule has 0 bridgehead atoms. The monoisotopic (exact) mass is 297 g/mol. The number of halogens is 3. The van der Waals surface area contributed by atoms with Gasteiger partial charge >= 0.3 is 0 Å². The molecule has 1 aromatic rings. The fourth-order valence-electron chi connectivity index (χ4n) is 0.910. The summed E-state index contributed by atoms with van der Waals surface area (Å²) in [6, 6.07) is 0.812. The lowest BCUT2D eigenvalue weighted by molar-refractivity contribution is 0.0995. The first-order valence-electron chi connectivity index (χ1n) is 3.39. The lowest BCUT2D eigenvalue weighted by atomic mass is 10.1. The molecule has 0 heterocycles. The van der Waals surface area contributed by atoms with Gasteiger partial charge in [-0.2, -0.15) is 0 Å². The molecular weight excluding hydrogens is 291 g/mol. The van der Waals surface area contributed by atoms with Crippen LogP contribution in [0.1, 0.15) is 15.9 Å². The molecule has 1 amide bonds. The van der Waals surface area contributed by atoms with Crippen LogP contribution in [0, 0.1) is 22.1 Å². The molecule has 2 nitrogen and oxygen atoms in total. The zero-order chi connectivity index (χ0) is 10.2. The van der Waals surface area contributed by atoms with E-state index in [0.717, 1.165) is 6.07 Å². The zero-order valence-electron chi connectivity index (χ0n) is 6.70. The Kier molecular flexibility index (Phi) is 2.84. The van der Waals surface area contributed by atoms with Crippen molar-refractivity contribution < 1.29 is 13.6 Å². The van der Waals surface area contributed by atoms with Gasteiger partial charge in [0, 0.05) is 5.56 Å². The smallest absolute Gasteiger partial charge is 0.251 e. The van der Waals surface area contributed by atoms with Crippen LogP contribution in [0.25, 0.3) is 0 Å². The second-order valence-corrected chi connectivity index (χ2v) is 3.60. The van der Waals surface area contributed by atoms with Crippen molar-refractivity contribution in [2.75, 3.05) is 0 Å². The molecule has 0 aliphatic carbocycles. The molecule has 0 unspecified atom stereocenters. The summed E-state index contributed by atoms with van der Waals surface area (Å²) in [5, 5.41) is 0. The number of hydrogen-bond donors (Lipinski definition) is 1. The Morgan fingerprint density at radius 1 is 1.54 bits per heavy atom. The van der Waals surface area contributed by atoms with E-state index in [-0.39, 0.29) is 9.13 Å². The number of rotatable bonds is 1. The van der Waals surface area contributed by atoms with Crippen molar-refractivity contribution in [2.45, 2.75) is 6.92 Å². The van der Waals surface area contributed by atoms with Gasteiger partial charge in [-0.1, -0.05) is 0 Å². The fourth-order valence-corrected chi connectivity index (χ4v) is 1.30. The minimum Gasteiger partial charge on any atom is -0.366 e. The first kappa shape index (κ1) is 10.4. The average molecular weight is 297 g/mol. The van der Waals surface area contributed by atoms with Gasteiger partial charge in [0.15, 0.2) is 0 Å². The molecule has 1 rings (SSSR count). The summed E-state index contributed by atoms with van der Waals surface area (Å²) in [7, 11) is 0. The standard InChI is InChI=1S/C8H6F2INO/c1-3-6(10)4(8(12)13)2-5(9)7(3)11/h2H,1H3,(H2,12,13). The SMILES string of the molecule is Cc1c(F)c(C(N)=O)cc(F)c1I. The number of benzene rings is 1. The van der Waals surface area contributed by atoms with E-state index >= 15 is 0 Å². The second kappa shape index (κ2) is 3.57. The summed E-state index contributed by atoms with van der Waals surface area (Å²) in [6.07, 6.45) is 0. The molecule has 1 aromatic carbocycles. The summed E-state index contributed by atoms with van der Waals surface area (Å²) in [5.41, 5.74) is 4.55. The van der Waals surface area contributed by atoms with Crippen LogP contribution in [0.4, 0.5) is 8.78 Å². The quantitative estimate of drug-likeness (QED) is 0.625. The Balaban J connectivity index is 3.50. The fraction of sp³-hybridized carbons (Fsp3) is 0.125. The average Bonchev–Trinajstić information content (AvgIpc) is 2.07. The third-order valence-electron chi connectivity index (χ3n) is 1.64. The lowest BCUT2D eigenvalue weighted by Crippen LogP contribution is -2.15. The van der Waals surface area contributed by atoms with Crippen molar-refractivity contribution >= 4 is 28.5 Å². The first-order chi connectivity index (χ1) is 5.95. The molecule has 13 heavy (non-hydrogen) atoms. The highest BCUT2D eigenvalue weighted by atomic mass is 127. The third-order valence-corrected chi connectivity index (χ3v) is 2.97. The molecule has 70 valence electrons. The number of amides is 1. The molecule has 0 aromatic heterocycles. The Morgan fingerprint density at radius 2 is 2.08 bits per heavy atom. The van der Waals surface area contributed by atoms with Crippen LogP contribution < -0.4 is 5.73 Å². The molecule has 0 fully saturated rings. The highest BCUT2D eigenvalue weighted by Gasteiger charge is 2.16. The van der Waals surface area contributed by atoms with E-state index in [1.165, 1.54) is 6.92 Å². The summed E-state index contributed by atoms with van der Waals surface area (Å²) in [6.45, 7) is 1.40. The van der Waals surface area contributed by atoms with Crippen LogP contribution in [0.15, 0.2) is 6.07 Å². The Bertz CT molecular complexity index is 379. The number of primary amides is 1. The van der Waals surface area contributed by atoms with Crippen molar-refractivity contribution in [3.63, 3.8) is 0 Å². The maximum absolute atomic E-state index is 13.2. The summed E-state index contributed by atoms with van der Waals surface area (Å²) in [4.78, 5) is 10.7. The third kappa shape index (κ3) is 1.79. The van der Waals surface area contributed by atoms with Gasteiger partial charge in [0.1, 0.15) is 11.6 Å². The van der Waals surface area contributed by atoms with Crippen LogP contribution in [0.2, 0.25) is 0 Å². The predicted molar refractivity (Wildman–Crippen MR) is 52.3 cm³/mol. The lowest BCUT2D eigenvalue weighted by Gasteiger charge is -2.05. The van der Waals surface area contributed by atoms with Gasteiger partial charge in [-0.25, -0.2) is 8.78 Å². The van der Waals surface area contributed by atoms with Crippen LogP contribution in [-0.4, -0.2) is 5.91 Å². The van der Waals surface area contributed by atoms with E-state index in [2.05, 4.69) is 0 Å². The van der Waals surface area contributed by atoms with Crippen LogP contribution in [0.5, 0.6) is 0 Å². The highest BCUT2D eigenvalue weighted by Crippen LogP contribution is 2.21. The Morgan fingerprint density at radius 3 is 2.54 bits per heavy atom. The highest BCUT2D eigenvalue weighted by molar-refractivity contribution is 14.1. The van der Waals surface area contributed by atoms with E-state index in [1.807, 2.05) is 0 Å². The molecule has 0 saturated carbocycles. The van der Waals surface area contributed by atoms with E-state index in [0.29, 0.717) is 0 Å². The van der Waals surface area contributed by atoms with Gasteiger partial charge < -0.3 is 5.73 Å². The molecule has 0 spiro atoms. The van der Waals surface area contributed by atoms with E-state index in [4.69, 9.17) is 5.73 Å². The zero-order valence-corrected chi connectivity index (χ0v) is 8.85. The predicted octanol–water partition coefficient (Wildman–Crippen LogP) is 1.98. The molecule has 2 N–H and O–H groups in total. The van der Waals surface area contributed by atoms with Gasteiger partial charge in [-0.05, 0) is 35.6 Å². The maximum Gasteiger partial charge on any atom is 0.251 e. The molecule has 0 aliphatic rings. The Labute approximate surface area is 87.3 Å². The minimum atomic E-state index is -0.962. The molecule has 0 aliphatic heterocycles. The molecule has 0 saturated heterocycles. The van der Waals surface area contributed by atoms with Crippen LogP contribution >= 0.6 is 22.6 Å². The molecular formula is C8H6F2INO. The van der Waals surface area contributed by atoms with Gasteiger partial charge in [-0.3, -0.25) is 4.79 Å². The number of carbonyl (C=O) groups excluding carboxylic acids is 1. The van der Waals surface area contributed by atoms with Crippen molar-refractivity contribution in [1.29, 1.82) is 0 Å². The number of carbonyl (C=O) groups is 1. The van der Waals surface area contributed by atoms with E-state index in [1.54, 1.807) is 22.6 Å². The number of nitrogens with two attached hydrogens (primary N) is 1. The van der Waals surface area contributed by atoms with Crippen LogP contribution in [-0.2, 0) is 0 Å². The Hall–Kier alpha value is -0.720. The van der Waals surface area contributed by atoms with E-state index < -0.39 is 23.1 Å². The van der Waals surface area contributed by atoms with Crippen LogP contribution in [0.3, 0.4) is 0 Å². The van der Waals surface area contributed by atoms with Crippen molar-refractivity contribution in [2.24, 2.45) is 5.73 Å². The summed E-state index contributed by atoms with van der Waals surface area (Å²) >= 11 is 1.67.